The monoisotopic (exact) mass is 480 g/mol. The van der Waals surface area contributed by atoms with Gasteiger partial charge in [-0.25, -0.2) is 4.98 Å². The number of anilines is 1. The van der Waals surface area contributed by atoms with E-state index in [0.29, 0.717) is 16.7 Å². The van der Waals surface area contributed by atoms with Gasteiger partial charge in [0.1, 0.15) is 35.0 Å². The molecule has 2 fully saturated rings. The highest BCUT2D eigenvalue weighted by molar-refractivity contribution is 6.02. The molecule has 0 aliphatic heterocycles. The van der Waals surface area contributed by atoms with Gasteiger partial charge in [0.05, 0.1) is 16.9 Å². The summed E-state index contributed by atoms with van der Waals surface area (Å²) in [6.45, 7) is 0. The molecule has 2 heterocycles. The third-order valence-corrected chi connectivity index (χ3v) is 7.32. The third kappa shape index (κ3) is 4.43. The number of aryl methyl sites for hydroxylation is 1. The zero-order valence-corrected chi connectivity index (χ0v) is 20.5. The lowest BCUT2D eigenvalue weighted by Gasteiger charge is -2.37. The van der Waals surface area contributed by atoms with E-state index in [4.69, 9.17) is 4.84 Å². The average molecular weight is 481 g/mol. The minimum atomic E-state index is -0.359. The van der Waals surface area contributed by atoms with Crippen molar-refractivity contribution in [3.05, 3.63) is 69.6 Å². The molecule has 2 aromatic heterocycles. The van der Waals surface area contributed by atoms with Crippen molar-refractivity contribution in [3.63, 3.8) is 0 Å². The van der Waals surface area contributed by atoms with Crippen molar-refractivity contribution in [2.24, 2.45) is 18.1 Å². The maximum absolute atomic E-state index is 13.0. The summed E-state index contributed by atoms with van der Waals surface area (Å²) in [6.07, 6.45) is 5.95. The highest BCUT2D eigenvalue weighted by Crippen LogP contribution is 2.35. The van der Waals surface area contributed by atoms with Crippen LogP contribution in [0, 0.1) is 28.6 Å². The lowest BCUT2D eigenvalue weighted by molar-refractivity contribution is 0.127. The lowest BCUT2D eigenvalue weighted by Crippen LogP contribution is -2.38. The second kappa shape index (κ2) is 9.83. The molecule has 8 heteroatoms. The second-order valence-electron chi connectivity index (χ2n) is 9.64. The molecule has 2 saturated carbocycles. The van der Waals surface area contributed by atoms with Crippen molar-refractivity contribution in [2.45, 2.75) is 50.7 Å². The van der Waals surface area contributed by atoms with E-state index < -0.39 is 0 Å². The SMILES string of the molecule is CN(c1c(C#N)c(=O)n(C)c2ccc(C#N)nc12)C1CCC(/C(=N/OC2CC2)c2ccccc2)CC1. The summed E-state index contributed by atoms with van der Waals surface area (Å²) in [7, 11) is 3.55. The number of nitriles is 2. The van der Waals surface area contributed by atoms with Crippen LogP contribution in [-0.2, 0) is 11.9 Å². The highest BCUT2D eigenvalue weighted by Gasteiger charge is 2.32. The number of hydrogen-bond donors (Lipinski definition) is 0. The summed E-state index contributed by atoms with van der Waals surface area (Å²) in [6, 6.07) is 17.8. The van der Waals surface area contributed by atoms with Crippen LogP contribution in [0.15, 0.2) is 52.4 Å². The Morgan fingerprint density at radius 3 is 2.42 bits per heavy atom. The Balaban J connectivity index is 1.44. The maximum Gasteiger partial charge on any atom is 0.270 e. The number of rotatable bonds is 6. The highest BCUT2D eigenvalue weighted by atomic mass is 16.6. The molecule has 0 spiro atoms. The molecule has 0 atom stereocenters. The van der Waals surface area contributed by atoms with Gasteiger partial charge >= 0.3 is 0 Å². The van der Waals surface area contributed by atoms with E-state index in [0.717, 1.165) is 49.8 Å². The van der Waals surface area contributed by atoms with Crippen molar-refractivity contribution in [1.82, 2.24) is 9.55 Å². The average Bonchev–Trinajstić information content (AvgIpc) is 3.75. The summed E-state index contributed by atoms with van der Waals surface area (Å²) >= 11 is 0. The molecule has 0 unspecified atom stereocenters. The zero-order chi connectivity index (χ0) is 25.2. The molecule has 3 aromatic rings. The summed E-state index contributed by atoms with van der Waals surface area (Å²) in [5.41, 5.74) is 3.65. The van der Waals surface area contributed by atoms with Gasteiger partial charge in [-0.1, -0.05) is 35.5 Å². The van der Waals surface area contributed by atoms with Crippen LogP contribution in [0.25, 0.3) is 11.0 Å². The molecule has 5 rings (SSSR count). The van der Waals surface area contributed by atoms with Crippen LogP contribution < -0.4 is 10.5 Å². The van der Waals surface area contributed by atoms with Crippen molar-refractivity contribution >= 4 is 22.4 Å². The van der Waals surface area contributed by atoms with Crippen LogP contribution in [0.4, 0.5) is 5.69 Å². The van der Waals surface area contributed by atoms with E-state index in [-0.39, 0.29) is 34.9 Å². The Morgan fingerprint density at radius 1 is 1.06 bits per heavy atom. The predicted molar refractivity (Wildman–Crippen MR) is 138 cm³/mol. The second-order valence-corrected chi connectivity index (χ2v) is 9.64. The number of fused-ring (bicyclic) bond motifs is 1. The number of oxime groups is 1. The quantitative estimate of drug-likeness (QED) is 0.385. The lowest BCUT2D eigenvalue weighted by atomic mass is 9.80. The molecule has 36 heavy (non-hydrogen) atoms. The molecule has 2 aliphatic carbocycles. The van der Waals surface area contributed by atoms with Crippen LogP contribution >= 0.6 is 0 Å². The maximum atomic E-state index is 13.0. The molecule has 0 amide bonds. The van der Waals surface area contributed by atoms with E-state index in [1.165, 1.54) is 4.57 Å². The molecular formula is C28H28N6O2. The number of pyridine rings is 2. The van der Waals surface area contributed by atoms with E-state index in [1.807, 2.05) is 30.1 Å². The van der Waals surface area contributed by atoms with Gasteiger partial charge in [-0.05, 0) is 56.2 Å². The Labute approximate surface area is 210 Å². The van der Waals surface area contributed by atoms with E-state index >= 15 is 0 Å². The molecule has 0 saturated heterocycles. The molecule has 0 radical (unpaired) electrons. The van der Waals surface area contributed by atoms with Crippen LogP contribution in [0.1, 0.15) is 55.3 Å². The largest absolute Gasteiger partial charge is 0.392 e. The van der Waals surface area contributed by atoms with E-state index in [1.54, 1.807) is 19.2 Å². The minimum absolute atomic E-state index is 0.0570. The zero-order valence-electron chi connectivity index (χ0n) is 20.5. The number of aromatic nitrogens is 2. The van der Waals surface area contributed by atoms with E-state index in [2.05, 4.69) is 34.4 Å². The molecule has 8 nitrogen and oxygen atoms in total. The molecule has 0 bridgehead atoms. The topological polar surface area (TPSA) is 107 Å². The summed E-state index contributed by atoms with van der Waals surface area (Å²) < 4.78 is 1.43. The van der Waals surface area contributed by atoms with Gasteiger partial charge in [0.15, 0.2) is 0 Å². The summed E-state index contributed by atoms with van der Waals surface area (Å²) in [5.74, 6) is 0.273. The Kier molecular flexibility index (Phi) is 6.43. The third-order valence-electron chi connectivity index (χ3n) is 7.32. The van der Waals surface area contributed by atoms with Gasteiger partial charge in [0.25, 0.3) is 5.56 Å². The van der Waals surface area contributed by atoms with Crippen molar-refractivity contribution in [3.8, 4) is 12.1 Å². The number of hydrogen-bond acceptors (Lipinski definition) is 7. The van der Waals surface area contributed by atoms with Crippen LogP contribution in [0.2, 0.25) is 0 Å². The van der Waals surface area contributed by atoms with Gasteiger partial charge in [-0.15, -0.1) is 0 Å². The Morgan fingerprint density at radius 2 is 1.78 bits per heavy atom. The first-order valence-corrected chi connectivity index (χ1v) is 12.4. The minimum Gasteiger partial charge on any atom is -0.392 e. The van der Waals surface area contributed by atoms with Crippen molar-refractivity contribution in [2.75, 3.05) is 11.9 Å². The molecule has 182 valence electrons. The van der Waals surface area contributed by atoms with Gasteiger partial charge in [-0.2, -0.15) is 10.5 Å². The summed E-state index contributed by atoms with van der Waals surface area (Å²) in [4.78, 5) is 25.3. The first kappa shape index (κ1) is 23.6. The first-order chi connectivity index (χ1) is 17.5. The fraction of sp³-hybridized carbons (Fsp3) is 0.393. The van der Waals surface area contributed by atoms with E-state index in [9.17, 15) is 15.3 Å². The first-order valence-electron chi connectivity index (χ1n) is 12.4. The molecule has 1 aromatic carbocycles. The van der Waals surface area contributed by atoms with Gasteiger partial charge in [0.2, 0.25) is 0 Å². The number of nitrogens with zero attached hydrogens (tertiary/aromatic N) is 6. The van der Waals surface area contributed by atoms with Crippen molar-refractivity contribution < 1.29 is 4.84 Å². The predicted octanol–water partition coefficient (Wildman–Crippen LogP) is 4.26. The van der Waals surface area contributed by atoms with Gasteiger partial charge in [0, 0.05) is 26.1 Å². The number of benzene rings is 1. The molecule has 0 N–H and O–H groups in total. The fourth-order valence-electron chi connectivity index (χ4n) is 5.10. The Bertz CT molecular complexity index is 1450. The van der Waals surface area contributed by atoms with Crippen LogP contribution in [-0.4, -0.2) is 34.5 Å². The fourth-order valence-corrected chi connectivity index (χ4v) is 5.10. The van der Waals surface area contributed by atoms with Gasteiger partial charge in [-0.3, -0.25) is 4.79 Å². The smallest absolute Gasteiger partial charge is 0.270 e. The van der Waals surface area contributed by atoms with Crippen LogP contribution in [0.3, 0.4) is 0 Å². The normalized spacial score (nSPS) is 19.9. The molecule has 2 aliphatic rings. The van der Waals surface area contributed by atoms with Gasteiger partial charge < -0.3 is 14.3 Å². The standard InChI is InChI=1S/C28H28N6O2/c1-33(27-23(17-30)28(35)34(2)24-15-10-20(16-29)31-26(24)27)21-11-8-19(9-12-21)25(32-36-22-13-14-22)18-6-4-3-5-7-18/h3-7,10,15,19,21-22H,8-9,11-14H2,1-2H3/b32-25+. The van der Waals surface area contributed by atoms with Crippen molar-refractivity contribution in [1.29, 1.82) is 10.5 Å². The molecular weight excluding hydrogens is 452 g/mol. The summed E-state index contributed by atoms with van der Waals surface area (Å²) in [5, 5.41) is 23.9. The van der Waals surface area contributed by atoms with Crippen LogP contribution in [0.5, 0.6) is 0 Å². The Hall–Kier alpha value is -4.17.